The number of aliphatic hydroxyl groups is 3. The van der Waals surface area contributed by atoms with E-state index in [0.717, 1.165) is 64.2 Å². The number of carboxylic acid groups (broad SMARTS) is 1. The second-order valence-electron chi connectivity index (χ2n) is 17.9. The predicted octanol–water partition coefficient (Wildman–Crippen LogP) is 5.44. The van der Waals surface area contributed by atoms with E-state index in [2.05, 4.69) is 47.6 Å². The lowest BCUT2D eigenvalue weighted by Gasteiger charge is -2.74. The maximum absolute atomic E-state index is 13.6. The van der Waals surface area contributed by atoms with Crippen LogP contribution in [0.15, 0.2) is 11.6 Å². The van der Waals surface area contributed by atoms with Crippen LogP contribution in [-0.2, 0) is 14.3 Å². The van der Waals surface area contributed by atoms with E-state index in [1.807, 2.05) is 0 Å². The van der Waals surface area contributed by atoms with Crippen molar-refractivity contribution in [2.24, 2.45) is 50.7 Å². The average molecular weight is 619 g/mol. The molecule has 4 N–H and O–H groups in total. The molecule has 0 aromatic rings. The average Bonchev–Trinajstić information content (AvgIpc) is 2.94. The number of allylic oxidation sites excluding steroid dienone is 2. The molecule has 6 fully saturated rings. The molecule has 0 amide bonds. The zero-order chi connectivity index (χ0) is 31.8. The number of ether oxygens (including phenoxy) is 2. The van der Waals surface area contributed by atoms with E-state index in [-0.39, 0.29) is 33.5 Å². The van der Waals surface area contributed by atoms with Gasteiger partial charge in [-0.2, -0.15) is 0 Å². The van der Waals surface area contributed by atoms with Crippen molar-refractivity contribution < 1.29 is 39.1 Å². The van der Waals surface area contributed by atoms with Crippen molar-refractivity contribution in [3.8, 4) is 0 Å². The monoisotopic (exact) mass is 618 g/mol. The molecule has 8 heteroatoms. The van der Waals surface area contributed by atoms with Crippen LogP contribution in [-0.4, -0.2) is 75.3 Å². The summed E-state index contributed by atoms with van der Waals surface area (Å²) in [6.45, 7) is 13.4. The van der Waals surface area contributed by atoms with Crippen molar-refractivity contribution in [2.45, 2.75) is 148 Å². The summed E-state index contributed by atoms with van der Waals surface area (Å²) in [5.74, 6) is 0.372. The minimum Gasteiger partial charge on any atom is -0.481 e. The van der Waals surface area contributed by atoms with Gasteiger partial charge in [0, 0.05) is 5.92 Å². The summed E-state index contributed by atoms with van der Waals surface area (Å²) in [5.41, 5.74) is 0.581. The van der Waals surface area contributed by atoms with E-state index in [1.165, 1.54) is 5.57 Å². The SMILES string of the molecule is CC1(C)CC[C@]2(C(=O)O)CC[C@]3(C)C(=CCC4[C@@]5(C)CC[C@@H]6[C@H]([C@@H]7OC(CF)[C@@H](O)C(O)[C@@H]7O)O[C@@]6(C)C5CC[C@]43C)C2C1. The number of alkyl halides is 1. The van der Waals surface area contributed by atoms with Crippen LogP contribution in [0, 0.1) is 50.7 Å². The van der Waals surface area contributed by atoms with E-state index in [4.69, 9.17) is 9.47 Å². The topological polar surface area (TPSA) is 116 Å². The van der Waals surface area contributed by atoms with Gasteiger partial charge in [-0.3, -0.25) is 4.79 Å². The zero-order valence-corrected chi connectivity index (χ0v) is 27.5. The number of rotatable bonds is 3. The van der Waals surface area contributed by atoms with Gasteiger partial charge in [-0.05, 0) is 111 Å². The molecule has 0 bridgehead atoms. The fourth-order valence-electron chi connectivity index (χ4n) is 12.9. The van der Waals surface area contributed by atoms with Crippen LogP contribution < -0.4 is 0 Å². The second kappa shape index (κ2) is 9.74. The molecular weight excluding hydrogens is 563 g/mol. The molecule has 7 aliphatic rings. The maximum Gasteiger partial charge on any atom is 0.310 e. The Morgan fingerprint density at radius 1 is 0.886 bits per heavy atom. The highest BCUT2D eigenvalue weighted by molar-refractivity contribution is 5.76. The van der Waals surface area contributed by atoms with Gasteiger partial charge in [0.15, 0.2) is 0 Å². The summed E-state index contributed by atoms with van der Waals surface area (Å²) in [6.07, 6.45) is 5.09. The van der Waals surface area contributed by atoms with Crippen LogP contribution in [0.25, 0.3) is 0 Å². The molecule has 2 saturated heterocycles. The van der Waals surface area contributed by atoms with Crippen molar-refractivity contribution >= 4 is 5.97 Å². The van der Waals surface area contributed by atoms with E-state index in [9.17, 15) is 29.6 Å². The highest BCUT2D eigenvalue weighted by atomic mass is 19.1. The Hall–Kier alpha value is -1.06. The molecule has 5 aliphatic carbocycles. The lowest BCUT2D eigenvalue weighted by molar-refractivity contribution is -0.373. The molecule has 4 saturated carbocycles. The number of carboxylic acids is 1. The van der Waals surface area contributed by atoms with E-state index >= 15 is 0 Å². The molecule has 0 aromatic heterocycles. The third-order valence-electron chi connectivity index (χ3n) is 15.8. The first kappa shape index (κ1) is 31.5. The van der Waals surface area contributed by atoms with Crippen LogP contribution in [0.4, 0.5) is 4.39 Å². The molecule has 2 heterocycles. The lowest BCUT2D eigenvalue weighted by Crippen LogP contribution is -2.76. The molecule has 7 rings (SSSR count). The fraction of sp³-hybridized carbons (Fsp3) is 0.917. The van der Waals surface area contributed by atoms with Crippen molar-refractivity contribution in [1.29, 1.82) is 0 Å². The minimum atomic E-state index is -1.47. The smallest absolute Gasteiger partial charge is 0.310 e. The van der Waals surface area contributed by atoms with Crippen molar-refractivity contribution in [1.82, 2.24) is 0 Å². The van der Waals surface area contributed by atoms with Gasteiger partial charge in [0.2, 0.25) is 0 Å². The largest absolute Gasteiger partial charge is 0.481 e. The van der Waals surface area contributed by atoms with Gasteiger partial charge >= 0.3 is 5.97 Å². The summed E-state index contributed by atoms with van der Waals surface area (Å²) in [7, 11) is 0. The fourth-order valence-corrected chi connectivity index (χ4v) is 12.9. The number of aliphatic carboxylic acids is 1. The summed E-state index contributed by atoms with van der Waals surface area (Å²) >= 11 is 0. The number of halogens is 1. The Bertz CT molecular complexity index is 1230. The normalized spacial score (nSPS) is 57.7. The highest BCUT2D eigenvalue weighted by Gasteiger charge is 2.73. The Morgan fingerprint density at radius 2 is 1.59 bits per heavy atom. The van der Waals surface area contributed by atoms with Gasteiger partial charge in [0.25, 0.3) is 0 Å². The zero-order valence-electron chi connectivity index (χ0n) is 27.5. The van der Waals surface area contributed by atoms with Gasteiger partial charge < -0.3 is 29.9 Å². The van der Waals surface area contributed by atoms with Gasteiger partial charge in [-0.15, -0.1) is 0 Å². The highest BCUT2D eigenvalue weighted by Crippen LogP contribution is 2.76. The first-order valence-corrected chi connectivity index (χ1v) is 17.4. The Labute approximate surface area is 262 Å². The molecular formula is C36H55FO7. The Balaban J connectivity index is 1.18. The predicted molar refractivity (Wildman–Crippen MR) is 162 cm³/mol. The Morgan fingerprint density at radius 3 is 2.27 bits per heavy atom. The minimum absolute atomic E-state index is 0.0324. The molecule has 44 heavy (non-hydrogen) atoms. The van der Waals surface area contributed by atoms with Crippen LogP contribution in [0.3, 0.4) is 0 Å². The maximum atomic E-state index is 13.6. The van der Waals surface area contributed by atoms with E-state index in [0.29, 0.717) is 11.8 Å². The summed E-state index contributed by atoms with van der Waals surface area (Å²) in [5, 5.41) is 42.1. The van der Waals surface area contributed by atoms with Crippen LogP contribution in [0.1, 0.15) is 106 Å². The quantitative estimate of drug-likeness (QED) is 0.311. The summed E-state index contributed by atoms with van der Waals surface area (Å²) in [4.78, 5) is 12.9. The molecule has 0 spiro atoms. The molecule has 15 atom stereocenters. The van der Waals surface area contributed by atoms with Gasteiger partial charge in [-0.25, -0.2) is 4.39 Å². The lowest BCUT2D eigenvalue weighted by atomic mass is 9.33. The summed E-state index contributed by atoms with van der Waals surface area (Å²) < 4.78 is 26.2. The van der Waals surface area contributed by atoms with Crippen LogP contribution >= 0.6 is 0 Å². The molecule has 7 nitrogen and oxygen atoms in total. The third-order valence-corrected chi connectivity index (χ3v) is 15.8. The first-order chi connectivity index (χ1) is 20.5. The number of aliphatic hydroxyl groups excluding tert-OH is 3. The molecule has 248 valence electrons. The van der Waals surface area contributed by atoms with E-state index in [1.54, 1.807) is 0 Å². The van der Waals surface area contributed by atoms with Gasteiger partial charge in [-0.1, -0.05) is 46.3 Å². The molecule has 0 radical (unpaired) electrons. The second-order valence-corrected chi connectivity index (χ2v) is 17.9. The van der Waals surface area contributed by atoms with E-state index < -0.39 is 60.3 Å². The van der Waals surface area contributed by atoms with Crippen LogP contribution in [0.2, 0.25) is 0 Å². The third kappa shape index (κ3) is 3.81. The van der Waals surface area contributed by atoms with Crippen LogP contribution in [0.5, 0.6) is 0 Å². The van der Waals surface area contributed by atoms with Crippen molar-refractivity contribution in [3.63, 3.8) is 0 Å². The number of fused-ring (bicyclic) bond motifs is 9. The molecule has 5 unspecified atom stereocenters. The van der Waals surface area contributed by atoms with Crippen molar-refractivity contribution in [3.05, 3.63) is 11.6 Å². The number of carbonyl (C=O) groups is 1. The van der Waals surface area contributed by atoms with Crippen molar-refractivity contribution in [2.75, 3.05) is 6.67 Å². The number of hydrogen-bond acceptors (Lipinski definition) is 6. The van der Waals surface area contributed by atoms with Gasteiger partial charge in [0.05, 0.1) is 17.1 Å². The van der Waals surface area contributed by atoms with Gasteiger partial charge in [0.1, 0.15) is 37.2 Å². The molecule has 0 aromatic carbocycles. The standard InChI is InChI=1S/C36H55FO7/c1-31(2)13-15-36(30(41)42)16-14-33(4)19(21(36)17-31)7-8-23-32(3)11-9-20-28(29-27(40)26(39)25(38)22(18-37)43-29)44-35(20,6)24(32)10-12-34(23,33)5/h7,20-29,38-40H,8-18H2,1-6H3,(H,41,42)/t20-,21?,22?,23?,24?,25-,26?,27+,28-,29-,32-,33-,34-,35-,36+/m1/s1. The Kier molecular flexibility index (Phi) is 6.98. The number of hydrogen-bond donors (Lipinski definition) is 4. The first-order valence-electron chi connectivity index (χ1n) is 17.4. The summed E-state index contributed by atoms with van der Waals surface area (Å²) in [6, 6.07) is 0. The molecule has 2 aliphatic heterocycles.